The highest BCUT2D eigenvalue weighted by Crippen LogP contribution is 2.27. The van der Waals surface area contributed by atoms with Crippen molar-refractivity contribution in [3.05, 3.63) is 0 Å². The minimum atomic E-state index is -0.0808. The van der Waals surface area contributed by atoms with Crippen LogP contribution in [0.4, 0.5) is 0 Å². The van der Waals surface area contributed by atoms with Gasteiger partial charge in [-0.25, -0.2) is 0 Å². The largest absolute Gasteiger partial charge is 0.394 e. The topological polar surface area (TPSA) is 35.5 Å². The maximum Gasteiger partial charge on any atom is 0.0610 e. The van der Waals surface area contributed by atoms with Crippen LogP contribution in [-0.2, 0) is 0 Å². The van der Waals surface area contributed by atoms with Gasteiger partial charge in [0.25, 0.3) is 0 Å². The van der Waals surface area contributed by atoms with Gasteiger partial charge in [0, 0.05) is 11.6 Å². The Morgan fingerprint density at radius 1 is 1.16 bits per heavy atom. The van der Waals surface area contributed by atoms with Crippen LogP contribution in [0.1, 0.15) is 65.7 Å². The lowest BCUT2D eigenvalue weighted by atomic mass is 9.95. The quantitative estimate of drug-likeness (QED) is 0.535. The molecule has 0 bridgehead atoms. The zero-order valence-corrected chi connectivity index (χ0v) is 13.2. The van der Waals surface area contributed by atoms with Crippen LogP contribution in [0.3, 0.4) is 0 Å². The van der Waals surface area contributed by atoms with E-state index in [1.54, 1.807) is 0 Å². The van der Waals surface area contributed by atoms with Gasteiger partial charge in [0.15, 0.2) is 0 Å². The van der Waals surface area contributed by atoms with Crippen LogP contribution >= 0.6 is 0 Å². The molecule has 0 saturated heterocycles. The lowest BCUT2D eigenvalue weighted by Gasteiger charge is -2.29. The van der Waals surface area contributed by atoms with Crippen molar-refractivity contribution in [3.8, 4) is 0 Å². The second-order valence-electron chi connectivity index (χ2n) is 6.33. The summed E-state index contributed by atoms with van der Waals surface area (Å²) >= 11 is 0. The summed E-state index contributed by atoms with van der Waals surface area (Å²) in [5.74, 6) is 0. The van der Waals surface area contributed by atoms with Crippen LogP contribution in [0, 0.1) is 0 Å². The Hall–Kier alpha value is -0.120. The molecule has 2 N–H and O–H groups in total. The molecule has 0 aromatic rings. The lowest BCUT2D eigenvalue weighted by Crippen LogP contribution is -2.45. The predicted octanol–water partition coefficient (Wildman–Crippen LogP) is 2.78. The summed E-state index contributed by atoms with van der Waals surface area (Å²) in [4.78, 5) is 2.69. The summed E-state index contributed by atoms with van der Waals surface area (Å²) < 4.78 is 0. The Balaban J connectivity index is 2.16. The SMILES string of the molecule is CCCCN(CCCCC(C)(CO)NCC)C1CC1. The fraction of sp³-hybridized carbons (Fsp3) is 1.00. The summed E-state index contributed by atoms with van der Waals surface area (Å²) in [6, 6.07) is 0.893. The van der Waals surface area contributed by atoms with Gasteiger partial charge in [0.1, 0.15) is 0 Å². The van der Waals surface area contributed by atoms with Gasteiger partial charge in [-0.1, -0.05) is 26.7 Å². The van der Waals surface area contributed by atoms with E-state index in [1.807, 2.05) is 0 Å². The van der Waals surface area contributed by atoms with Crippen molar-refractivity contribution in [2.75, 3.05) is 26.2 Å². The zero-order chi connectivity index (χ0) is 14.1. The van der Waals surface area contributed by atoms with Gasteiger partial charge >= 0.3 is 0 Å². The highest BCUT2D eigenvalue weighted by molar-refractivity contribution is 4.85. The first-order chi connectivity index (χ1) is 9.15. The summed E-state index contributed by atoms with van der Waals surface area (Å²) in [6.45, 7) is 10.2. The van der Waals surface area contributed by atoms with Crippen LogP contribution in [0.5, 0.6) is 0 Å². The van der Waals surface area contributed by atoms with Gasteiger partial charge in [0.2, 0.25) is 0 Å². The van der Waals surface area contributed by atoms with Gasteiger partial charge in [-0.3, -0.25) is 0 Å². The van der Waals surface area contributed by atoms with Crippen molar-refractivity contribution in [2.45, 2.75) is 77.3 Å². The molecule has 0 aromatic carbocycles. The van der Waals surface area contributed by atoms with Crippen molar-refractivity contribution in [1.82, 2.24) is 10.2 Å². The molecule has 3 heteroatoms. The van der Waals surface area contributed by atoms with Crippen molar-refractivity contribution in [3.63, 3.8) is 0 Å². The normalized spacial score (nSPS) is 18.8. The van der Waals surface area contributed by atoms with Crippen molar-refractivity contribution in [1.29, 1.82) is 0 Å². The maximum atomic E-state index is 9.47. The molecule has 1 aliphatic carbocycles. The Kier molecular flexibility index (Phi) is 7.96. The average molecular weight is 270 g/mol. The molecule has 0 spiro atoms. The molecule has 1 fully saturated rings. The number of nitrogens with one attached hydrogen (secondary N) is 1. The molecule has 1 unspecified atom stereocenters. The van der Waals surface area contributed by atoms with Gasteiger partial charge < -0.3 is 15.3 Å². The van der Waals surface area contributed by atoms with E-state index >= 15 is 0 Å². The molecule has 1 saturated carbocycles. The molecule has 1 rings (SSSR count). The van der Waals surface area contributed by atoms with Crippen LogP contribution in [-0.4, -0.2) is 47.8 Å². The van der Waals surface area contributed by atoms with Crippen LogP contribution in [0.25, 0.3) is 0 Å². The molecule has 114 valence electrons. The molecule has 0 heterocycles. The van der Waals surface area contributed by atoms with Crippen molar-refractivity contribution in [2.24, 2.45) is 0 Å². The van der Waals surface area contributed by atoms with Gasteiger partial charge in [-0.15, -0.1) is 0 Å². The summed E-state index contributed by atoms with van der Waals surface area (Å²) in [5, 5.41) is 12.9. The molecule has 0 aliphatic heterocycles. The van der Waals surface area contributed by atoms with Gasteiger partial charge in [-0.2, -0.15) is 0 Å². The Morgan fingerprint density at radius 2 is 1.84 bits per heavy atom. The second-order valence-corrected chi connectivity index (χ2v) is 6.33. The number of unbranched alkanes of at least 4 members (excludes halogenated alkanes) is 2. The van der Waals surface area contributed by atoms with E-state index in [-0.39, 0.29) is 12.1 Å². The molecule has 19 heavy (non-hydrogen) atoms. The molecule has 0 radical (unpaired) electrons. The third-order valence-corrected chi connectivity index (χ3v) is 4.24. The van der Waals surface area contributed by atoms with Crippen LogP contribution in [0.2, 0.25) is 0 Å². The van der Waals surface area contributed by atoms with Crippen LogP contribution in [0.15, 0.2) is 0 Å². The first-order valence-electron chi connectivity index (χ1n) is 8.25. The van der Waals surface area contributed by atoms with Crippen LogP contribution < -0.4 is 5.32 Å². The average Bonchev–Trinajstić information content (AvgIpc) is 3.23. The van der Waals surface area contributed by atoms with E-state index in [2.05, 4.69) is 31.0 Å². The smallest absolute Gasteiger partial charge is 0.0610 e. The molecule has 1 aliphatic rings. The highest BCUT2D eigenvalue weighted by Gasteiger charge is 2.28. The van der Waals surface area contributed by atoms with Crippen molar-refractivity contribution < 1.29 is 5.11 Å². The van der Waals surface area contributed by atoms with E-state index < -0.39 is 0 Å². The third kappa shape index (κ3) is 6.73. The Morgan fingerprint density at radius 3 is 2.37 bits per heavy atom. The number of hydrogen-bond donors (Lipinski definition) is 2. The zero-order valence-electron chi connectivity index (χ0n) is 13.2. The fourth-order valence-corrected chi connectivity index (χ4v) is 2.76. The molecule has 0 aromatic heterocycles. The number of likely N-dealkylation sites (N-methyl/N-ethyl adjacent to an activating group) is 1. The predicted molar refractivity (Wildman–Crippen MR) is 82.5 cm³/mol. The minimum Gasteiger partial charge on any atom is -0.394 e. The number of aliphatic hydroxyl groups is 1. The van der Waals surface area contributed by atoms with E-state index in [0.29, 0.717) is 0 Å². The standard InChI is InChI=1S/C16H34N2O/c1-4-6-12-18(15-9-10-15)13-8-7-11-16(3,14-19)17-5-2/h15,17,19H,4-14H2,1-3H3. The number of nitrogens with zero attached hydrogens (tertiary/aromatic N) is 1. The third-order valence-electron chi connectivity index (χ3n) is 4.24. The van der Waals surface area contributed by atoms with Gasteiger partial charge in [0.05, 0.1) is 6.61 Å². The monoisotopic (exact) mass is 270 g/mol. The summed E-state index contributed by atoms with van der Waals surface area (Å²) in [5.41, 5.74) is -0.0808. The first-order valence-corrected chi connectivity index (χ1v) is 8.25. The first kappa shape index (κ1) is 16.9. The second kappa shape index (κ2) is 8.93. The highest BCUT2D eigenvalue weighted by atomic mass is 16.3. The Bertz CT molecular complexity index is 231. The molecule has 3 nitrogen and oxygen atoms in total. The summed E-state index contributed by atoms with van der Waals surface area (Å²) in [6.07, 6.45) is 9.00. The number of hydrogen-bond acceptors (Lipinski definition) is 3. The maximum absolute atomic E-state index is 9.47. The fourth-order valence-electron chi connectivity index (χ4n) is 2.76. The number of rotatable bonds is 12. The molecular formula is C16H34N2O. The number of aliphatic hydroxyl groups excluding tert-OH is 1. The minimum absolute atomic E-state index is 0.0808. The lowest BCUT2D eigenvalue weighted by molar-refractivity contribution is 0.162. The van der Waals surface area contributed by atoms with Crippen molar-refractivity contribution >= 4 is 0 Å². The Labute approximate surface area is 119 Å². The molecular weight excluding hydrogens is 236 g/mol. The van der Waals surface area contributed by atoms with E-state index in [9.17, 15) is 5.11 Å². The van der Waals surface area contributed by atoms with Gasteiger partial charge in [-0.05, 0) is 58.7 Å². The molecule has 1 atom stereocenters. The molecule has 0 amide bonds. The van der Waals surface area contributed by atoms with E-state index in [1.165, 1.54) is 51.6 Å². The van der Waals surface area contributed by atoms with E-state index in [0.717, 1.165) is 19.0 Å². The summed E-state index contributed by atoms with van der Waals surface area (Å²) in [7, 11) is 0. The van der Waals surface area contributed by atoms with E-state index in [4.69, 9.17) is 0 Å².